The van der Waals surface area contributed by atoms with E-state index in [0.717, 1.165) is 5.56 Å². The monoisotopic (exact) mass is 309 g/mol. The molecule has 0 saturated carbocycles. The van der Waals surface area contributed by atoms with Crippen LogP contribution in [-0.2, 0) is 16.1 Å². The first kappa shape index (κ1) is 16.7. The minimum absolute atomic E-state index is 0.0615. The molecule has 0 spiro atoms. The molecule has 0 aromatic heterocycles. The predicted octanol–water partition coefficient (Wildman–Crippen LogP) is 1.16. The molecular formula is C16H23NO5. The lowest BCUT2D eigenvalue weighted by Crippen LogP contribution is -2.49. The van der Waals surface area contributed by atoms with E-state index in [2.05, 4.69) is 0 Å². The molecule has 2 N–H and O–H groups in total. The molecule has 0 bridgehead atoms. The number of carbonyl (C=O) groups excluding carboxylic acids is 1. The third-order valence-electron chi connectivity index (χ3n) is 3.76. The van der Waals surface area contributed by atoms with Crippen molar-refractivity contribution in [2.24, 2.45) is 0 Å². The summed E-state index contributed by atoms with van der Waals surface area (Å²) in [6.45, 7) is 1.46. The van der Waals surface area contributed by atoms with Crippen LogP contribution in [0, 0.1) is 0 Å². The number of benzene rings is 1. The largest absolute Gasteiger partial charge is 0.445 e. The Balaban J connectivity index is 1.72. The van der Waals surface area contributed by atoms with Crippen LogP contribution < -0.4 is 0 Å². The van der Waals surface area contributed by atoms with Gasteiger partial charge in [0.2, 0.25) is 0 Å². The first-order valence-corrected chi connectivity index (χ1v) is 7.50. The summed E-state index contributed by atoms with van der Waals surface area (Å²) < 4.78 is 10.5. The fourth-order valence-electron chi connectivity index (χ4n) is 2.39. The van der Waals surface area contributed by atoms with Gasteiger partial charge in [0, 0.05) is 13.1 Å². The molecule has 1 heterocycles. The molecule has 0 unspecified atom stereocenters. The smallest absolute Gasteiger partial charge is 0.410 e. The summed E-state index contributed by atoms with van der Waals surface area (Å²) in [6.07, 6.45) is 0.528. The number of piperidine rings is 1. The van der Waals surface area contributed by atoms with E-state index in [1.165, 1.54) is 0 Å². The van der Waals surface area contributed by atoms with Crippen LogP contribution in [0.3, 0.4) is 0 Å². The molecule has 1 aromatic rings. The van der Waals surface area contributed by atoms with E-state index in [1.807, 2.05) is 30.3 Å². The molecule has 2 rings (SSSR count). The van der Waals surface area contributed by atoms with Crippen molar-refractivity contribution in [3.8, 4) is 0 Å². The second kappa shape index (κ2) is 8.12. The third-order valence-corrected chi connectivity index (χ3v) is 3.76. The Bertz CT molecular complexity index is 457. The van der Waals surface area contributed by atoms with E-state index < -0.39 is 5.60 Å². The standard InChI is InChI=1S/C16H23NO5/c18-10-11-21-13-16(20)6-8-17(9-7-16)15(19)22-12-14-4-2-1-3-5-14/h1-5,18,20H,6-13H2. The molecule has 1 amide bonds. The van der Waals surface area contributed by atoms with Crippen LogP contribution >= 0.6 is 0 Å². The average Bonchev–Trinajstić information content (AvgIpc) is 2.54. The Morgan fingerprint density at radius 1 is 1.23 bits per heavy atom. The minimum Gasteiger partial charge on any atom is -0.445 e. The van der Waals surface area contributed by atoms with Crippen LogP contribution in [0.2, 0.25) is 0 Å². The van der Waals surface area contributed by atoms with Crippen LogP contribution in [0.15, 0.2) is 30.3 Å². The molecule has 6 heteroatoms. The summed E-state index contributed by atoms with van der Waals surface area (Å²) in [6, 6.07) is 9.52. The normalized spacial score (nSPS) is 17.3. The number of hydrogen-bond acceptors (Lipinski definition) is 5. The summed E-state index contributed by atoms with van der Waals surface area (Å²) in [5.41, 5.74) is 0.0209. The van der Waals surface area contributed by atoms with Crippen molar-refractivity contribution in [1.29, 1.82) is 0 Å². The highest BCUT2D eigenvalue weighted by Crippen LogP contribution is 2.23. The van der Waals surface area contributed by atoms with Crippen molar-refractivity contribution >= 4 is 6.09 Å². The van der Waals surface area contributed by atoms with Gasteiger partial charge < -0.3 is 24.6 Å². The van der Waals surface area contributed by atoms with Crippen LogP contribution in [0.5, 0.6) is 0 Å². The van der Waals surface area contributed by atoms with Crippen molar-refractivity contribution < 1.29 is 24.5 Å². The molecule has 122 valence electrons. The van der Waals surface area contributed by atoms with Gasteiger partial charge in [-0.25, -0.2) is 4.79 Å². The van der Waals surface area contributed by atoms with Crippen LogP contribution in [0.25, 0.3) is 0 Å². The van der Waals surface area contributed by atoms with Crippen molar-refractivity contribution in [1.82, 2.24) is 4.90 Å². The molecular weight excluding hydrogens is 286 g/mol. The molecule has 1 fully saturated rings. The Hall–Kier alpha value is -1.63. The highest BCUT2D eigenvalue weighted by atomic mass is 16.6. The third kappa shape index (κ3) is 4.98. The maximum absolute atomic E-state index is 12.0. The molecule has 0 aliphatic carbocycles. The van der Waals surface area contributed by atoms with Gasteiger partial charge in [0.1, 0.15) is 6.61 Å². The average molecular weight is 309 g/mol. The molecule has 6 nitrogen and oxygen atoms in total. The number of likely N-dealkylation sites (tertiary alicyclic amines) is 1. The second-order valence-electron chi connectivity index (χ2n) is 5.53. The maximum Gasteiger partial charge on any atom is 0.410 e. The van der Waals surface area contributed by atoms with Gasteiger partial charge in [-0.05, 0) is 18.4 Å². The van der Waals surface area contributed by atoms with E-state index in [9.17, 15) is 9.90 Å². The number of rotatable bonds is 6. The van der Waals surface area contributed by atoms with Crippen LogP contribution in [0.1, 0.15) is 18.4 Å². The number of nitrogens with zero attached hydrogens (tertiary/aromatic N) is 1. The summed E-state index contributed by atoms with van der Waals surface area (Å²) >= 11 is 0. The Labute approximate surface area is 130 Å². The highest BCUT2D eigenvalue weighted by Gasteiger charge is 2.34. The SMILES string of the molecule is O=C(OCc1ccccc1)N1CCC(O)(COCCO)CC1. The Morgan fingerprint density at radius 3 is 2.55 bits per heavy atom. The first-order chi connectivity index (χ1) is 10.6. The van der Waals surface area contributed by atoms with Crippen molar-refractivity contribution in [2.45, 2.75) is 25.0 Å². The molecule has 0 atom stereocenters. The van der Waals surface area contributed by atoms with E-state index in [4.69, 9.17) is 14.6 Å². The van der Waals surface area contributed by atoms with Crippen LogP contribution in [-0.4, -0.2) is 59.7 Å². The second-order valence-corrected chi connectivity index (χ2v) is 5.53. The van der Waals surface area contributed by atoms with Crippen molar-refractivity contribution in [3.63, 3.8) is 0 Å². The summed E-state index contributed by atoms with van der Waals surface area (Å²) in [4.78, 5) is 13.6. The summed E-state index contributed by atoms with van der Waals surface area (Å²) in [5, 5.41) is 19.0. The molecule has 1 aliphatic rings. The van der Waals surface area contributed by atoms with Gasteiger partial charge in [0.25, 0.3) is 0 Å². The van der Waals surface area contributed by atoms with Crippen molar-refractivity contribution in [2.75, 3.05) is 32.9 Å². The topological polar surface area (TPSA) is 79.2 Å². The lowest BCUT2D eigenvalue weighted by atomic mass is 9.92. The van der Waals surface area contributed by atoms with Gasteiger partial charge in [-0.2, -0.15) is 0 Å². The number of hydrogen-bond donors (Lipinski definition) is 2. The lowest BCUT2D eigenvalue weighted by Gasteiger charge is -2.37. The number of carbonyl (C=O) groups is 1. The zero-order valence-electron chi connectivity index (χ0n) is 12.6. The minimum atomic E-state index is -0.925. The number of ether oxygens (including phenoxy) is 2. The molecule has 1 aromatic carbocycles. The van der Waals surface area contributed by atoms with Gasteiger partial charge in [-0.1, -0.05) is 30.3 Å². The van der Waals surface area contributed by atoms with Crippen molar-refractivity contribution in [3.05, 3.63) is 35.9 Å². The Kier molecular flexibility index (Phi) is 6.18. The molecule has 1 aliphatic heterocycles. The van der Waals surface area contributed by atoms with E-state index in [0.29, 0.717) is 25.9 Å². The molecule has 22 heavy (non-hydrogen) atoms. The lowest BCUT2D eigenvalue weighted by molar-refractivity contribution is -0.0832. The Morgan fingerprint density at radius 2 is 1.91 bits per heavy atom. The fraction of sp³-hybridized carbons (Fsp3) is 0.562. The van der Waals surface area contributed by atoms with Gasteiger partial charge in [-0.3, -0.25) is 0 Å². The number of aliphatic hydroxyl groups excluding tert-OH is 1. The molecule has 1 saturated heterocycles. The van der Waals surface area contributed by atoms with E-state index in [-0.39, 0.29) is 32.5 Å². The summed E-state index contributed by atoms with van der Waals surface area (Å²) in [7, 11) is 0. The van der Waals surface area contributed by atoms with Crippen LogP contribution in [0.4, 0.5) is 4.79 Å². The summed E-state index contributed by atoms with van der Waals surface area (Å²) in [5.74, 6) is 0. The van der Waals surface area contributed by atoms with Gasteiger partial charge in [-0.15, -0.1) is 0 Å². The molecule has 0 radical (unpaired) electrons. The quantitative estimate of drug-likeness (QED) is 0.771. The fourth-order valence-corrected chi connectivity index (χ4v) is 2.39. The zero-order chi connectivity index (χ0) is 15.8. The highest BCUT2D eigenvalue weighted by molar-refractivity contribution is 5.67. The van der Waals surface area contributed by atoms with E-state index in [1.54, 1.807) is 4.90 Å². The van der Waals surface area contributed by atoms with E-state index >= 15 is 0 Å². The maximum atomic E-state index is 12.0. The predicted molar refractivity (Wildman–Crippen MR) is 80.3 cm³/mol. The number of amides is 1. The first-order valence-electron chi connectivity index (χ1n) is 7.50. The zero-order valence-corrected chi connectivity index (χ0v) is 12.6. The number of aliphatic hydroxyl groups is 2. The van der Waals surface area contributed by atoms with Gasteiger partial charge >= 0.3 is 6.09 Å². The van der Waals surface area contributed by atoms with Gasteiger partial charge in [0.15, 0.2) is 0 Å². The van der Waals surface area contributed by atoms with Gasteiger partial charge in [0.05, 0.1) is 25.4 Å².